The summed E-state index contributed by atoms with van der Waals surface area (Å²) in [6, 6.07) is 58.7. The van der Waals surface area contributed by atoms with E-state index in [-0.39, 0.29) is 0 Å². The van der Waals surface area contributed by atoms with Crippen LogP contribution in [0.1, 0.15) is 11.1 Å². The molecule has 0 saturated carbocycles. The molecule has 0 bridgehead atoms. The van der Waals surface area contributed by atoms with Crippen LogP contribution in [0.15, 0.2) is 170 Å². The molecular weight excluding hydrogens is 657 g/mol. The Labute approximate surface area is 312 Å². The normalized spacial score (nSPS) is 10.7. The Balaban J connectivity index is 1.48. The van der Waals surface area contributed by atoms with Crippen LogP contribution in [0.5, 0.6) is 23.0 Å². The lowest BCUT2D eigenvalue weighted by Crippen LogP contribution is -2.14. The highest BCUT2D eigenvalue weighted by Crippen LogP contribution is 2.44. The zero-order valence-electron chi connectivity index (χ0n) is 30.4. The lowest BCUT2D eigenvalue weighted by molar-refractivity contribution is 0.414. The molecule has 0 aromatic heterocycles. The molecule has 0 saturated heterocycles. The highest BCUT2D eigenvalue weighted by molar-refractivity contribution is 5.88. The average molecular weight is 699 g/mol. The first-order valence-electron chi connectivity index (χ1n) is 17.5. The lowest BCUT2D eigenvalue weighted by atomic mass is 9.94. The first-order chi connectivity index (χ1) is 26.1. The first-order valence-corrected chi connectivity index (χ1v) is 17.5. The Morgan fingerprint density at radius 3 is 1.09 bits per heavy atom. The molecule has 0 aliphatic carbocycles. The molecule has 0 fully saturated rings. The van der Waals surface area contributed by atoms with Gasteiger partial charge in [-0.1, -0.05) is 54.6 Å². The number of methoxy groups -OCH3 is 4. The van der Waals surface area contributed by atoms with Crippen LogP contribution in [0.25, 0.3) is 11.1 Å². The third-order valence-corrected chi connectivity index (χ3v) is 9.31. The van der Waals surface area contributed by atoms with Crippen LogP contribution in [0.3, 0.4) is 0 Å². The van der Waals surface area contributed by atoms with E-state index in [1.807, 2.05) is 48.5 Å². The van der Waals surface area contributed by atoms with Crippen molar-refractivity contribution in [3.05, 3.63) is 181 Å². The molecule has 0 radical (unpaired) electrons. The average Bonchev–Trinajstić information content (AvgIpc) is 3.22. The number of benzene rings is 7. The van der Waals surface area contributed by atoms with Crippen molar-refractivity contribution in [2.45, 2.75) is 6.42 Å². The summed E-state index contributed by atoms with van der Waals surface area (Å²) in [6.45, 7) is 0. The van der Waals surface area contributed by atoms with E-state index >= 15 is 0 Å². The van der Waals surface area contributed by atoms with E-state index in [9.17, 15) is 0 Å². The molecule has 0 spiro atoms. The minimum absolute atomic E-state index is 0.790. The molecule has 0 unspecified atom stereocenters. The maximum atomic E-state index is 5.55. The first kappa shape index (κ1) is 34.8. The molecule has 53 heavy (non-hydrogen) atoms. The zero-order chi connectivity index (χ0) is 36.6. The summed E-state index contributed by atoms with van der Waals surface area (Å²) < 4.78 is 22.2. The minimum Gasteiger partial charge on any atom is -0.497 e. The number of nitrogens with zero attached hydrogens (tertiary/aromatic N) is 2. The van der Waals surface area contributed by atoms with Gasteiger partial charge in [0.2, 0.25) is 0 Å². The minimum atomic E-state index is 0.790. The van der Waals surface area contributed by atoms with Gasteiger partial charge in [0.1, 0.15) is 23.0 Å². The molecule has 0 heterocycles. The van der Waals surface area contributed by atoms with E-state index < -0.39 is 0 Å². The standard InChI is InChI=1S/C47H42N2O4/c1-50-43-22-14-37(15-23-43)48(38-16-24-44(51-2)25-17-38)41-31-36(47-13-9-8-12-35(47)30-34-10-6-5-7-11-34)32-42(33-41)49(39-18-26-45(52-3)27-19-39)40-20-28-46(53-4)29-21-40/h5-29,31-33H,30H2,1-4H3. The largest absolute Gasteiger partial charge is 0.497 e. The number of rotatable bonds is 13. The van der Waals surface area contributed by atoms with Crippen molar-refractivity contribution < 1.29 is 18.9 Å². The predicted molar refractivity (Wildman–Crippen MR) is 217 cm³/mol. The van der Waals surface area contributed by atoms with Crippen LogP contribution in [-0.2, 0) is 6.42 Å². The van der Waals surface area contributed by atoms with Gasteiger partial charge in [-0.3, -0.25) is 0 Å². The Morgan fingerprint density at radius 1 is 0.358 bits per heavy atom. The fraction of sp³-hybridized carbons (Fsp3) is 0.106. The maximum Gasteiger partial charge on any atom is 0.119 e. The van der Waals surface area contributed by atoms with Gasteiger partial charge in [0.05, 0.1) is 28.4 Å². The predicted octanol–water partition coefficient (Wildman–Crippen LogP) is 11.9. The molecule has 264 valence electrons. The van der Waals surface area contributed by atoms with Crippen LogP contribution >= 0.6 is 0 Å². The number of anilines is 6. The monoisotopic (exact) mass is 698 g/mol. The highest BCUT2D eigenvalue weighted by Gasteiger charge is 2.21. The topological polar surface area (TPSA) is 43.4 Å². The molecule has 7 rings (SSSR count). The van der Waals surface area contributed by atoms with Gasteiger partial charge < -0.3 is 28.7 Å². The van der Waals surface area contributed by atoms with Gasteiger partial charge in [-0.15, -0.1) is 0 Å². The highest BCUT2D eigenvalue weighted by atomic mass is 16.5. The Kier molecular flexibility index (Phi) is 10.6. The van der Waals surface area contributed by atoms with Gasteiger partial charge in [0, 0.05) is 34.1 Å². The fourth-order valence-corrected chi connectivity index (χ4v) is 6.60. The Morgan fingerprint density at radius 2 is 0.717 bits per heavy atom. The smallest absolute Gasteiger partial charge is 0.119 e. The number of hydrogen-bond acceptors (Lipinski definition) is 6. The van der Waals surface area contributed by atoms with Gasteiger partial charge in [-0.05, 0) is 144 Å². The summed E-state index contributed by atoms with van der Waals surface area (Å²) >= 11 is 0. The van der Waals surface area contributed by atoms with Crippen molar-refractivity contribution in [1.82, 2.24) is 0 Å². The summed E-state index contributed by atoms with van der Waals surface area (Å²) in [4.78, 5) is 4.54. The molecule has 0 amide bonds. The van der Waals surface area contributed by atoms with Crippen LogP contribution in [-0.4, -0.2) is 28.4 Å². The number of hydrogen-bond donors (Lipinski definition) is 0. The SMILES string of the molecule is COc1ccc(N(c2ccc(OC)cc2)c2cc(-c3ccccc3Cc3ccccc3)cc(N(c3ccc(OC)cc3)c3ccc(OC)cc3)c2)cc1. The summed E-state index contributed by atoms with van der Waals surface area (Å²) in [5, 5.41) is 0. The summed E-state index contributed by atoms with van der Waals surface area (Å²) in [5.74, 6) is 3.16. The second kappa shape index (κ2) is 16.1. The molecule has 0 atom stereocenters. The van der Waals surface area contributed by atoms with E-state index in [1.54, 1.807) is 28.4 Å². The number of ether oxygens (including phenoxy) is 4. The summed E-state index contributed by atoms with van der Waals surface area (Å²) in [7, 11) is 6.75. The van der Waals surface area contributed by atoms with Gasteiger partial charge in [0.25, 0.3) is 0 Å². The van der Waals surface area contributed by atoms with Crippen LogP contribution in [0, 0.1) is 0 Å². The van der Waals surface area contributed by atoms with E-state index in [1.165, 1.54) is 11.1 Å². The summed E-state index contributed by atoms with van der Waals surface area (Å²) in [6.07, 6.45) is 0.803. The molecule has 0 aliphatic heterocycles. The molecule has 7 aromatic rings. The quantitative estimate of drug-likeness (QED) is 0.119. The Bertz CT molecular complexity index is 2020. The van der Waals surface area contributed by atoms with Crippen molar-refractivity contribution in [2.24, 2.45) is 0 Å². The molecule has 7 aromatic carbocycles. The lowest BCUT2D eigenvalue weighted by Gasteiger charge is -2.30. The molecule has 6 heteroatoms. The van der Waals surface area contributed by atoms with E-state index in [0.29, 0.717) is 0 Å². The van der Waals surface area contributed by atoms with Crippen molar-refractivity contribution in [3.8, 4) is 34.1 Å². The van der Waals surface area contributed by atoms with Crippen molar-refractivity contribution in [1.29, 1.82) is 0 Å². The van der Waals surface area contributed by atoms with Crippen LogP contribution in [0.4, 0.5) is 34.1 Å². The Hall–Kier alpha value is -6.66. The van der Waals surface area contributed by atoms with Crippen molar-refractivity contribution in [3.63, 3.8) is 0 Å². The van der Waals surface area contributed by atoms with E-state index in [4.69, 9.17) is 18.9 Å². The third kappa shape index (κ3) is 7.82. The van der Waals surface area contributed by atoms with E-state index in [0.717, 1.165) is 74.7 Å². The zero-order valence-corrected chi connectivity index (χ0v) is 30.4. The molecular formula is C47H42N2O4. The van der Waals surface area contributed by atoms with Gasteiger partial charge in [-0.25, -0.2) is 0 Å². The van der Waals surface area contributed by atoms with Gasteiger partial charge >= 0.3 is 0 Å². The van der Waals surface area contributed by atoms with Crippen molar-refractivity contribution in [2.75, 3.05) is 38.2 Å². The molecule has 0 N–H and O–H groups in total. The fourth-order valence-electron chi connectivity index (χ4n) is 6.60. The van der Waals surface area contributed by atoms with Crippen LogP contribution in [0.2, 0.25) is 0 Å². The third-order valence-electron chi connectivity index (χ3n) is 9.31. The van der Waals surface area contributed by atoms with E-state index in [2.05, 4.69) is 131 Å². The van der Waals surface area contributed by atoms with Crippen LogP contribution < -0.4 is 28.7 Å². The molecule has 6 nitrogen and oxygen atoms in total. The van der Waals surface area contributed by atoms with Gasteiger partial charge in [0.15, 0.2) is 0 Å². The maximum absolute atomic E-state index is 5.55. The van der Waals surface area contributed by atoms with Crippen molar-refractivity contribution >= 4 is 34.1 Å². The second-order valence-corrected chi connectivity index (χ2v) is 12.5. The second-order valence-electron chi connectivity index (χ2n) is 12.5. The van der Waals surface area contributed by atoms with Gasteiger partial charge in [-0.2, -0.15) is 0 Å². The summed E-state index contributed by atoms with van der Waals surface area (Å²) in [5.41, 5.74) is 10.6. The molecule has 0 aliphatic rings.